The van der Waals surface area contributed by atoms with E-state index in [1.807, 2.05) is 18.7 Å². The van der Waals surface area contributed by atoms with E-state index in [4.69, 9.17) is 0 Å². The molecule has 8 heteroatoms. The fraction of sp³-hybridized carbons (Fsp3) is 0.538. The number of rotatable bonds is 3. The highest BCUT2D eigenvalue weighted by atomic mass is 32.1. The van der Waals surface area contributed by atoms with Crippen LogP contribution in [0.4, 0.5) is 15.3 Å². The molecule has 21 heavy (non-hydrogen) atoms. The number of nitrogens with zero attached hydrogens (tertiary/aromatic N) is 6. The molecule has 0 atom stereocenters. The average Bonchev–Trinajstić information content (AvgIpc) is 2.94. The first kappa shape index (κ1) is 14.1. The highest BCUT2D eigenvalue weighted by molar-refractivity contribution is 7.15. The summed E-state index contributed by atoms with van der Waals surface area (Å²) in [5.74, 6) is 0.121. The predicted molar refractivity (Wildman–Crippen MR) is 80.4 cm³/mol. The van der Waals surface area contributed by atoms with Gasteiger partial charge in [0.2, 0.25) is 5.13 Å². The minimum atomic E-state index is -0.291. The van der Waals surface area contributed by atoms with Gasteiger partial charge in [0.15, 0.2) is 11.6 Å². The molecule has 0 aliphatic carbocycles. The number of piperazine rings is 1. The molecule has 0 saturated carbocycles. The maximum absolute atomic E-state index is 14.3. The van der Waals surface area contributed by atoms with Crippen molar-refractivity contribution in [2.24, 2.45) is 0 Å². The van der Waals surface area contributed by atoms with E-state index in [1.165, 1.54) is 6.33 Å². The lowest BCUT2D eigenvalue weighted by molar-refractivity contribution is 0.568. The van der Waals surface area contributed by atoms with Gasteiger partial charge in [0.1, 0.15) is 11.3 Å². The van der Waals surface area contributed by atoms with Crippen molar-refractivity contribution in [3.63, 3.8) is 0 Å². The first-order valence-electron chi connectivity index (χ1n) is 6.98. The number of hydrogen-bond donors (Lipinski definition) is 0. The van der Waals surface area contributed by atoms with E-state index in [-0.39, 0.29) is 5.82 Å². The monoisotopic (exact) mass is 308 g/mol. The van der Waals surface area contributed by atoms with Crippen LogP contribution in [0, 0.1) is 12.7 Å². The molecule has 1 saturated heterocycles. The molecule has 112 valence electrons. The van der Waals surface area contributed by atoms with Gasteiger partial charge in [-0.05, 0) is 13.3 Å². The zero-order valence-electron chi connectivity index (χ0n) is 12.1. The van der Waals surface area contributed by atoms with Gasteiger partial charge < -0.3 is 9.80 Å². The maximum atomic E-state index is 14.3. The molecule has 0 radical (unpaired) electrons. The molecule has 2 aromatic heterocycles. The van der Waals surface area contributed by atoms with Crippen molar-refractivity contribution >= 4 is 22.3 Å². The van der Waals surface area contributed by atoms with Crippen molar-refractivity contribution in [1.82, 2.24) is 20.2 Å². The van der Waals surface area contributed by atoms with E-state index in [2.05, 4.69) is 25.1 Å². The maximum Gasteiger partial charge on any atom is 0.208 e. The molecule has 1 aliphatic heterocycles. The van der Waals surface area contributed by atoms with Crippen LogP contribution >= 0.6 is 11.3 Å². The number of aryl methyl sites for hydroxylation is 2. The first-order valence-corrected chi connectivity index (χ1v) is 7.80. The summed E-state index contributed by atoms with van der Waals surface area (Å²) in [6.07, 6.45) is 2.02. The first-order chi connectivity index (χ1) is 10.2. The topological polar surface area (TPSA) is 58.0 Å². The predicted octanol–water partition coefficient (Wildman–Crippen LogP) is 1.66. The quantitative estimate of drug-likeness (QED) is 0.859. The Hall–Kier alpha value is -1.83. The molecule has 2 aromatic rings. The van der Waals surface area contributed by atoms with Crippen LogP contribution in [0.15, 0.2) is 6.33 Å². The zero-order valence-corrected chi connectivity index (χ0v) is 12.9. The Balaban J connectivity index is 1.71. The number of anilines is 2. The van der Waals surface area contributed by atoms with Crippen molar-refractivity contribution < 1.29 is 4.39 Å². The summed E-state index contributed by atoms with van der Waals surface area (Å²) in [4.78, 5) is 12.2. The van der Waals surface area contributed by atoms with Crippen molar-refractivity contribution in [1.29, 1.82) is 0 Å². The largest absolute Gasteiger partial charge is 0.351 e. The minimum absolute atomic E-state index is 0.291. The standard InChI is InChI=1S/C13H17FN6S/c1-3-10-11(14)12(16-8-15-10)19-4-6-20(7-5-19)13-18-17-9(2)21-13/h8H,3-7H2,1-2H3. The molecule has 0 N–H and O–H groups in total. The molecule has 6 nitrogen and oxygen atoms in total. The average molecular weight is 308 g/mol. The van der Waals surface area contributed by atoms with Gasteiger partial charge >= 0.3 is 0 Å². The Kier molecular flexibility index (Phi) is 3.96. The summed E-state index contributed by atoms with van der Waals surface area (Å²) in [5.41, 5.74) is 0.474. The van der Waals surface area contributed by atoms with Gasteiger partial charge in [-0.2, -0.15) is 0 Å². The van der Waals surface area contributed by atoms with E-state index in [0.29, 0.717) is 17.9 Å². The van der Waals surface area contributed by atoms with Crippen molar-refractivity contribution in [3.05, 3.63) is 22.8 Å². The van der Waals surface area contributed by atoms with Gasteiger partial charge in [0.25, 0.3) is 0 Å². The lowest BCUT2D eigenvalue weighted by atomic mass is 10.2. The number of halogens is 1. The van der Waals surface area contributed by atoms with Crippen molar-refractivity contribution in [3.8, 4) is 0 Å². The van der Waals surface area contributed by atoms with Gasteiger partial charge in [-0.15, -0.1) is 10.2 Å². The molecule has 0 unspecified atom stereocenters. The van der Waals surface area contributed by atoms with Crippen LogP contribution in [0.5, 0.6) is 0 Å². The zero-order chi connectivity index (χ0) is 14.8. The summed E-state index contributed by atoms with van der Waals surface area (Å²) in [6, 6.07) is 0. The van der Waals surface area contributed by atoms with Gasteiger partial charge in [-0.3, -0.25) is 0 Å². The van der Waals surface area contributed by atoms with E-state index >= 15 is 0 Å². The number of aromatic nitrogens is 4. The Labute approximate surface area is 126 Å². The second-order valence-electron chi connectivity index (χ2n) is 4.89. The van der Waals surface area contributed by atoms with Crippen molar-refractivity contribution in [2.45, 2.75) is 20.3 Å². The third kappa shape index (κ3) is 2.80. The normalized spacial score (nSPS) is 15.6. The fourth-order valence-corrected chi connectivity index (χ4v) is 3.13. The molecule has 3 heterocycles. The van der Waals surface area contributed by atoms with Crippen LogP contribution in [-0.2, 0) is 6.42 Å². The SMILES string of the molecule is CCc1ncnc(N2CCN(c3nnc(C)s3)CC2)c1F. The van der Waals surface area contributed by atoms with Gasteiger partial charge in [-0.1, -0.05) is 18.3 Å². The molecule has 0 amide bonds. The third-order valence-corrected chi connectivity index (χ3v) is 4.44. The van der Waals surface area contributed by atoms with Gasteiger partial charge in [0.05, 0.1) is 5.69 Å². The van der Waals surface area contributed by atoms with Crippen LogP contribution in [0.3, 0.4) is 0 Å². The van der Waals surface area contributed by atoms with Crippen LogP contribution in [0.2, 0.25) is 0 Å². The molecular formula is C13H17FN6S. The lowest BCUT2D eigenvalue weighted by Gasteiger charge is -2.35. The second kappa shape index (κ2) is 5.88. The highest BCUT2D eigenvalue weighted by Crippen LogP contribution is 2.24. The Morgan fingerprint density at radius 1 is 1.14 bits per heavy atom. The summed E-state index contributed by atoms with van der Waals surface area (Å²) in [6.45, 7) is 6.86. The fourth-order valence-electron chi connectivity index (χ4n) is 2.39. The molecule has 1 aliphatic rings. The second-order valence-corrected chi connectivity index (χ2v) is 6.05. The summed E-state index contributed by atoms with van der Waals surface area (Å²) >= 11 is 1.59. The Morgan fingerprint density at radius 2 is 1.86 bits per heavy atom. The molecular weight excluding hydrogens is 291 g/mol. The summed E-state index contributed by atoms with van der Waals surface area (Å²) in [7, 11) is 0. The molecule has 0 bridgehead atoms. The Morgan fingerprint density at radius 3 is 2.48 bits per heavy atom. The summed E-state index contributed by atoms with van der Waals surface area (Å²) in [5, 5.41) is 10.1. The van der Waals surface area contributed by atoms with Crippen LogP contribution in [-0.4, -0.2) is 46.3 Å². The molecule has 1 fully saturated rings. The van der Waals surface area contributed by atoms with E-state index in [9.17, 15) is 4.39 Å². The summed E-state index contributed by atoms with van der Waals surface area (Å²) < 4.78 is 14.3. The van der Waals surface area contributed by atoms with Crippen LogP contribution in [0.25, 0.3) is 0 Å². The Bertz CT molecular complexity index is 623. The van der Waals surface area contributed by atoms with E-state index in [1.54, 1.807) is 11.3 Å². The lowest BCUT2D eigenvalue weighted by Crippen LogP contribution is -2.47. The smallest absolute Gasteiger partial charge is 0.208 e. The molecule has 0 aromatic carbocycles. The van der Waals surface area contributed by atoms with Gasteiger partial charge in [0, 0.05) is 26.2 Å². The van der Waals surface area contributed by atoms with Crippen LogP contribution in [0.1, 0.15) is 17.6 Å². The minimum Gasteiger partial charge on any atom is -0.351 e. The van der Waals surface area contributed by atoms with Gasteiger partial charge in [-0.25, -0.2) is 14.4 Å². The van der Waals surface area contributed by atoms with Crippen molar-refractivity contribution in [2.75, 3.05) is 36.0 Å². The highest BCUT2D eigenvalue weighted by Gasteiger charge is 2.23. The van der Waals surface area contributed by atoms with Crippen LogP contribution < -0.4 is 9.80 Å². The molecule has 0 spiro atoms. The van der Waals surface area contributed by atoms with E-state index < -0.39 is 0 Å². The third-order valence-electron chi connectivity index (χ3n) is 3.54. The van der Waals surface area contributed by atoms with E-state index in [0.717, 1.165) is 36.3 Å². The molecule has 3 rings (SSSR count). The number of hydrogen-bond acceptors (Lipinski definition) is 7.